The van der Waals surface area contributed by atoms with Gasteiger partial charge in [-0.05, 0) is 42.7 Å². The number of rotatable bonds is 9. The zero-order valence-corrected chi connectivity index (χ0v) is 19.6. The van der Waals surface area contributed by atoms with Gasteiger partial charge in [-0.3, -0.25) is 18.6 Å². The first kappa shape index (κ1) is 24.3. The molecule has 0 saturated heterocycles. The van der Waals surface area contributed by atoms with Crippen molar-refractivity contribution < 1.29 is 22.5 Å². The summed E-state index contributed by atoms with van der Waals surface area (Å²) in [5.74, 6) is -0.702. The number of benzene rings is 1. The normalized spacial score (nSPS) is 20.4. The summed E-state index contributed by atoms with van der Waals surface area (Å²) in [6.07, 6.45) is 4.80. The van der Waals surface area contributed by atoms with Gasteiger partial charge in [0.2, 0.25) is 5.78 Å². The lowest BCUT2D eigenvalue weighted by molar-refractivity contribution is 0.101. The standard InChI is InChI=1S/C22H24ClN5O5S/c23-16-3-1-2-14(8-16)12-28-7-5-20(27-28)22(30)18-11-25-6-4-19(18)26-17-9-15(21(29)10-17)13-33-34(24,31)32/h1-8,11,15,17,21,29H,9-10,12-13H2,(H,25,26)(H2,24,31,32). The van der Waals surface area contributed by atoms with E-state index < -0.39 is 22.3 Å². The molecule has 3 aromatic rings. The van der Waals surface area contributed by atoms with Crippen molar-refractivity contribution in [2.75, 3.05) is 11.9 Å². The Kier molecular flexibility index (Phi) is 7.29. The molecule has 1 saturated carbocycles. The number of halogens is 1. The molecule has 0 amide bonds. The van der Waals surface area contributed by atoms with Crippen molar-refractivity contribution in [2.45, 2.75) is 31.5 Å². The van der Waals surface area contributed by atoms with Crippen LogP contribution in [0.2, 0.25) is 5.02 Å². The molecule has 1 aromatic carbocycles. The van der Waals surface area contributed by atoms with Crippen molar-refractivity contribution in [3.63, 3.8) is 0 Å². The number of carbonyl (C=O) groups excluding carboxylic acids is 1. The van der Waals surface area contributed by atoms with Crippen molar-refractivity contribution in [1.82, 2.24) is 14.8 Å². The summed E-state index contributed by atoms with van der Waals surface area (Å²) in [5.41, 5.74) is 2.12. The summed E-state index contributed by atoms with van der Waals surface area (Å²) in [6.45, 7) is 0.262. The van der Waals surface area contributed by atoms with E-state index in [1.54, 1.807) is 35.3 Å². The predicted octanol–water partition coefficient (Wildman–Crippen LogP) is 1.98. The first-order chi connectivity index (χ1) is 16.2. The number of carbonyl (C=O) groups is 1. The molecule has 2 aromatic heterocycles. The number of pyridine rings is 1. The average molecular weight is 506 g/mol. The molecule has 0 bridgehead atoms. The second-order valence-corrected chi connectivity index (χ2v) is 9.85. The van der Waals surface area contributed by atoms with Crippen LogP contribution in [0.25, 0.3) is 0 Å². The van der Waals surface area contributed by atoms with Crippen molar-refractivity contribution in [1.29, 1.82) is 0 Å². The van der Waals surface area contributed by atoms with E-state index in [0.717, 1.165) is 5.56 Å². The van der Waals surface area contributed by atoms with Crippen LogP contribution in [0, 0.1) is 5.92 Å². The number of ketones is 1. The van der Waals surface area contributed by atoms with Gasteiger partial charge in [-0.1, -0.05) is 23.7 Å². The van der Waals surface area contributed by atoms with Crippen LogP contribution >= 0.6 is 11.6 Å². The van der Waals surface area contributed by atoms with Crippen molar-refractivity contribution in [3.8, 4) is 0 Å². The topological polar surface area (TPSA) is 149 Å². The van der Waals surface area contributed by atoms with E-state index in [4.69, 9.17) is 16.7 Å². The third-order valence-corrected chi connectivity index (χ3v) is 6.34. The average Bonchev–Trinajstić information content (AvgIpc) is 3.38. The van der Waals surface area contributed by atoms with Gasteiger partial charge in [-0.15, -0.1) is 0 Å². The van der Waals surface area contributed by atoms with E-state index in [-0.39, 0.29) is 24.1 Å². The Morgan fingerprint density at radius 1 is 1.29 bits per heavy atom. The number of nitrogens with zero attached hydrogens (tertiary/aromatic N) is 3. The Balaban J connectivity index is 1.44. The van der Waals surface area contributed by atoms with Crippen molar-refractivity contribution >= 4 is 33.4 Å². The Bertz CT molecular complexity index is 1280. The van der Waals surface area contributed by atoms with Gasteiger partial charge >= 0.3 is 10.3 Å². The van der Waals surface area contributed by atoms with Crippen LogP contribution < -0.4 is 10.5 Å². The molecule has 0 radical (unpaired) electrons. The van der Waals surface area contributed by atoms with E-state index in [0.29, 0.717) is 35.7 Å². The molecule has 1 aliphatic rings. The van der Waals surface area contributed by atoms with Crippen molar-refractivity contribution in [2.24, 2.45) is 11.1 Å². The third kappa shape index (κ3) is 6.19. The second kappa shape index (κ2) is 10.2. The number of aliphatic hydroxyl groups is 1. The fraction of sp³-hybridized carbons (Fsp3) is 0.318. The summed E-state index contributed by atoms with van der Waals surface area (Å²) in [4.78, 5) is 17.3. The number of hydrogen-bond donors (Lipinski definition) is 3. The third-order valence-electron chi connectivity index (χ3n) is 5.64. The van der Waals surface area contributed by atoms with E-state index in [9.17, 15) is 18.3 Å². The highest BCUT2D eigenvalue weighted by molar-refractivity contribution is 7.84. The summed E-state index contributed by atoms with van der Waals surface area (Å²) in [7, 11) is -4.08. The van der Waals surface area contributed by atoms with E-state index >= 15 is 0 Å². The molecule has 3 unspecified atom stereocenters. The monoisotopic (exact) mass is 505 g/mol. The van der Waals surface area contributed by atoms with Crippen LogP contribution in [0.5, 0.6) is 0 Å². The fourth-order valence-corrected chi connectivity index (χ4v) is 4.61. The van der Waals surface area contributed by atoms with Crippen LogP contribution in [0.15, 0.2) is 55.0 Å². The fourth-order valence-electron chi connectivity index (χ4n) is 4.03. The van der Waals surface area contributed by atoms with E-state index in [2.05, 4.69) is 19.6 Å². The van der Waals surface area contributed by atoms with Gasteiger partial charge in [0.25, 0.3) is 0 Å². The van der Waals surface area contributed by atoms with Crippen LogP contribution in [0.1, 0.15) is 34.5 Å². The molecule has 0 aliphatic heterocycles. The maximum atomic E-state index is 13.2. The zero-order valence-electron chi connectivity index (χ0n) is 18.0. The molecule has 2 heterocycles. The first-order valence-corrected chi connectivity index (χ1v) is 12.4. The lowest BCUT2D eigenvalue weighted by Crippen LogP contribution is -2.24. The molecule has 1 aliphatic carbocycles. The van der Waals surface area contributed by atoms with Crippen LogP contribution in [0.4, 0.5) is 5.69 Å². The van der Waals surface area contributed by atoms with E-state index in [1.807, 2.05) is 18.2 Å². The highest BCUT2D eigenvalue weighted by Gasteiger charge is 2.34. The maximum absolute atomic E-state index is 13.2. The highest BCUT2D eigenvalue weighted by Crippen LogP contribution is 2.30. The largest absolute Gasteiger partial charge is 0.393 e. The first-order valence-electron chi connectivity index (χ1n) is 10.6. The summed E-state index contributed by atoms with van der Waals surface area (Å²) >= 11 is 6.04. The van der Waals surface area contributed by atoms with Gasteiger partial charge in [0.05, 0.1) is 24.8 Å². The second-order valence-electron chi connectivity index (χ2n) is 8.20. The number of hydrogen-bond acceptors (Lipinski definition) is 8. The van der Waals surface area contributed by atoms with Gasteiger partial charge in [0, 0.05) is 41.3 Å². The lowest BCUT2D eigenvalue weighted by atomic mass is 10.1. The molecular formula is C22H24ClN5O5S. The number of aliphatic hydroxyl groups excluding tert-OH is 1. The smallest absolute Gasteiger partial charge is 0.333 e. The maximum Gasteiger partial charge on any atom is 0.333 e. The van der Waals surface area contributed by atoms with Gasteiger partial charge in [0.15, 0.2) is 0 Å². The quantitative estimate of drug-likeness (QED) is 0.374. The molecular weight excluding hydrogens is 482 g/mol. The molecule has 34 heavy (non-hydrogen) atoms. The Labute approximate surface area is 202 Å². The molecule has 4 N–H and O–H groups in total. The Morgan fingerprint density at radius 3 is 2.88 bits per heavy atom. The lowest BCUT2D eigenvalue weighted by Gasteiger charge is -2.16. The molecule has 0 spiro atoms. The minimum Gasteiger partial charge on any atom is -0.393 e. The Morgan fingerprint density at radius 2 is 2.12 bits per heavy atom. The molecule has 180 valence electrons. The molecule has 10 nitrogen and oxygen atoms in total. The van der Waals surface area contributed by atoms with Crippen LogP contribution in [0.3, 0.4) is 0 Å². The van der Waals surface area contributed by atoms with Gasteiger partial charge in [0.1, 0.15) is 5.69 Å². The van der Waals surface area contributed by atoms with Crippen LogP contribution in [-0.4, -0.2) is 52.8 Å². The highest BCUT2D eigenvalue weighted by atomic mass is 35.5. The van der Waals surface area contributed by atoms with Crippen LogP contribution in [-0.2, 0) is 21.0 Å². The van der Waals surface area contributed by atoms with E-state index in [1.165, 1.54) is 6.20 Å². The van der Waals surface area contributed by atoms with Gasteiger partial charge in [-0.2, -0.15) is 13.5 Å². The number of nitrogens with two attached hydrogens (primary N) is 1. The summed E-state index contributed by atoms with van der Waals surface area (Å²) in [5, 5.41) is 23.4. The van der Waals surface area contributed by atoms with Gasteiger partial charge in [-0.25, -0.2) is 5.14 Å². The summed E-state index contributed by atoms with van der Waals surface area (Å²) in [6, 6.07) is 10.5. The number of aromatic nitrogens is 3. The molecule has 4 rings (SSSR count). The SMILES string of the molecule is NS(=O)(=O)OCC1CC(Nc2ccncc2C(=O)c2ccn(Cc3cccc(Cl)c3)n2)CC1O. The summed E-state index contributed by atoms with van der Waals surface area (Å²) < 4.78 is 28.4. The zero-order chi connectivity index (χ0) is 24.3. The van der Waals surface area contributed by atoms with Gasteiger partial charge < -0.3 is 10.4 Å². The number of anilines is 1. The molecule has 12 heteroatoms. The number of nitrogens with one attached hydrogen (secondary N) is 1. The predicted molar refractivity (Wildman–Crippen MR) is 126 cm³/mol. The minimum atomic E-state index is -4.08. The minimum absolute atomic E-state index is 0.196. The van der Waals surface area contributed by atoms with Crippen molar-refractivity contribution in [3.05, 3.63) is 76.8 Å². The Hall–Kier alpha value is -2.83. The molecule has 1 fully saturated rings. The molecule has 3 atom stereocenters.